The lowest BCUT2D eigenvalue weighted by molar-refractivity contribution is 0.0526. The van der Waals surface area contributed by atoms with Gasteiger partial charge in [-0.2, -0.15) is 0 Å². The zero-order chi connectivity index (χ0) is 15.4. The van der Waals surface area contributed by atoms with Crippen molar-refractivity contribution < 1.29 is 9.53 Å². The Morgan fingerprint density at radius 1 is 1.20 bits per heavy atom. The number of esters is 1. The van der Waals surface area contributed by atoms with Gasteiger partial charge in [0.05, 0.1) is 18.8 Å². The minimum Gasteiger partial charge on any atom is -0.462 e. The van der Waals surface area contributed by atoms with Crippen LogP contribution >= 0.6 is 0 Å². The molecule has 0 aromatic heterocycles. The van der Waals surface area contributed by atoms with Crippen LogP contribution in [0.25, 0.3) is 0 Å². The van der Waals surface area contributed by atoms with E-state index in [0.29, 0.717) is 12.2 Å². The van der Waals surface area contributed by atoms with Gasteiger partial charge in [0.2, 0.25) is 0 Å². The number of nitrogens with zero attached hydrogens (tertiary/aromatic N) is 1. The van der Waals surface area contributed by atoms with E-state index in [0.717, 1.165) is 25.4 Å². The molecule has 1 aromatic rings. The predicted molar refractivity (Wildman–Crippen MR) is 85.3 cm³/mol. The van der Waals surface area contributed by atoms with E-state index in [-0.39, 0.29) is 5.97 Å². The van der Waals surface area contributed by atoms with Gasteiger partial charge in [0.15, 0.2) is 0 Å². The van der Waals surface area contributed by atoms with Gasteiger partial charge in [-0.05, 0) is 31.2 Å². The van der Waals surface area contributed by atoms with E-state index in [1.54, 1.807) is 0 Å². The van der Waals surface area contributed by atoms with Crippen molar-refractivity contribution >= 4 is 11.7 Å². The molecule has 1 heterocycles. The smallest absolute Gasteiger partial charge is 0.338 e. The molecule has 0 aliphatic carbocycles. The topological polar surface area (TPSA) is 41.6 Å². The van der Waals surface area contributed by atoms with Crippen molar-refractivity contribution in [1.82, 2.24) is 5.32 Å². The van der Waals surface area contributed by atoms with Crippen molar-refractivity contribution in [2.45, 2.75) is 34.6 Å². The van der Waals surface area contributed by atoms with Crippen LogP contribution in [0, 0.1) is 0 Å². The number of rotatable bonds is 3. The third-order valence-electron chi connectivity index (χ3n) is 2.60. The Bertz CT molecular complexity index is 357. The second-order valence-electron chi connectivity index (χ2n) is 3.69. The number of ether oxygens (including phenoxy) is 1. The number of hydrogen-bond donors (Lipinski definition) is 1. The third-order valence-corrected chi connectivity index (χ3v) is 2.60. The Hall–Kier alpha value is -1.55. The van der Waals surface area contributed by atoms with E-state index in [1.807, 2.05) is 58.9 Å². The average Bonchev–Trinajstić information content (AvgIpc) is 3.06. The molecule has 1 N–H and O–H groups in total. The Kier molecular flexibility index (Phi) is 10.4. The molecular formula is C16H28N2O2. The van der Waals surface area contributed by atoms with E-state index >= 15 is 0 Å². The molecule has 0 unspecified atom stereocenters. The largest absolute Gasteiger partial charge is 0.462 e. The molecule has 4 nitrogen and oxygen atoms in total. The monoisotopic (exact) mass is 280 g/mol. The van der Waals surface area contributed by atoms with Gasteiger partial charge >= 0.3 is 5.97 Å². The number of benzene rings is 1. The average molecular weight is 280 g/mol. The van der Waals surface area contributed by atoms with Crippen LogP contribution in [0.4, 0.5) is 5.69 Å². The highest BCUT2D eigenvalue weighted by Gasteiger charge is 2.12. The molecule has 0 radical (unpaired) electrons. The highest BCUT2D eigenvalue weighted by molar-refractivity contribution is 5.89. The van der Waals surface area contributed by atoms with Crippen LogP contribution < -0.4 is 10.2 Å². The molecule has 20 heavy (non-hydrogen) atoms. The van der Waals surface area contributed by atoms with Crippen molar-refractivity contribution in [1.29, 1.82) is 0 Å². The highest BCUT2D eigenvalue weighted by Crippen LogP contribution is 2.16. The van der Waals surface area contributed by atoms with Crippen LogP contribution in [0.1, 0.15) is 45.0 Å². The second kappa shape index (κ2) is 11.3. The molecule has 1 saturated heterocycles. The zero-order valence-electron chi connectivity index (χ0n) is 13.4. The molecule has 0 amide bonds. The molecule has 1 aliphatic heterocycles. The van der Waals surface area contributed by atoms with Crippen LogP contribution in [0.3, 0.4) is 0 Å². The maximum absolute atomic E-state index is 11.4. The maximum atomic E-state index is 11.4. The molecular weight excluding hydrogens is 252 g/mol. The first kappa shape index (κ1) is 18.4. The number of anilines is 1. The summed E-state index contributed by atoms with van der Waals surface area (Å²) < 4.78 is 4.93. The quantitative estimate of drug-likeness (QED) is 0.863. The SMILES string of the molecule is CC.CC.CCOC(=O)c1ccc(N2CCNC2)cc1. The standard InChI is InChI=1S/C12H16N2O2.2C2H6/c1-2-16-12(15)10-3-5-11(6-4-10)14-8-7-13-9-14;2*1-2/h3-6,13H,2,7-9H2,1H3;2*1-2H3. The van der Waals surface area contributed by atoms with Gasteiger partial charge in [-0.1, -0.05) is 27.7 Å². The van der Waals surface area contributed by atoms with E-state index in [1.165, 1.54) is 0 Å². The normalized spacial score (nSPS) is 12.8. The van der Waals surface area contributed by atoms with E-state index in [2.05, 4.69) is 10.2 Å². The molecule has 0 spiro atoms. The summed E-state index contributed by atoms with van der Waals surface area (Å²) in [6.07, 6.45) is 0. The molecule has 1 aromatic carbocycles. The molecule has 114 valence electrons. The Labute approximate surface area is 123 Å². The van der Waals surface area contributed by atoms with Gasteiger partial charge in [-0.3, -0.25) is 5.32 Å². The fourth-order valence-corrected chi connectivity index (χ4v) is 1.75. The van der Waals surface area contributed by atoms with Gasteiger partial charge in [0.1, 0.15) is 0 Å². The van der Waals surface area contributed by atoms with Gasteiger partial charge in [0, 0.05) is 18.8 Å². The summed E-state index contributed by atoms with van der Waals surface area (Å²) in [6, 6.07) is 7.54. The number of hydrogen-bond acceptors (Lipinski definition) is 4. The third kappa shape index (κ3) is 5.61. The molecule has 2 rings (SSSR count). The zero-order valence-corrected chi connectivity index (χ0v) is 13.4. The van der Waals surface area contributed by atoms with E-state index in [4.69, 9.17) is 4.74 Å². The lowest BCUT2D eigenvalue weighted by atomic mass is 10.2. The summed E-state index contributed by atoms with van der Waals surface area (Å²) in [5.74, 6) is -0.256. The van der Waals surface area contributed by atoms with E-state index < -0.39 is 0 Å². The van der Waals surface area contributed by atoms with Gasteiger partial charge in [-0.15, -0.1) is 0 Å². The van der Waals surface area contributed by atoms with Crippen molar-refractivity contribution in [3.8, 4) is 0 Å². The lowest BCUT2D eigenvalue weighted by Gasteiger charge is -2.16. The minimum absolute atomic E-state index is 0.256. The molecule has 1 aliphatic rings. The summed E-state index contributed by atoms with van der Waals surface area (Å²) in [5, 5.41) is 3.26. The molecule has 0 bridgehead atoms. The first-order chi connectivity index (χ1) is 9.81. The Morgan fingerprint density at radius 2 is 1.80 bits per heavy atom. The first-order valence-corrected chi connectivity index (χ1v) is 7.54. The maximum Gasteiger partial charge on any atom is 0.338 e. The minimum atomic E-state index is -0.256. The van der Waals surface area contributed by atoms with E-state index in [9.17, 15) is 4.79 Å². The fourth-order valence-electron chi connectivity index (χ4n) is 1.75. The second-order valence-corrected chi connectivity index (χ2v) is 3.69. The number of carbonyl (C=O) groups is 1. The summed E-state index contributed by atoms with van der Waals surface area (Å²) in [7, 11) is 0. The summed E-state index contributed by atoms with van der Waals surface area (Å²) in [6.45, 7) is 13.1. The molecule has 4 heteroatoms. The van der Waals surface area contributed by atoms with Crippen molar-refractivity contribution in [2.75, 3.05) is 31.3 Å². The summed E-state index contributed by atoms with van der Waals surface area (Å²) >= 11 is 0. The number of carbonyl (C=O) groups excluding carboxylic acids is 1. The van der Waals surface area contributed by atoms with Crippen LogP contribution in [0.2, 0.25) is 0 Å². The predicted octanol–water partition coefficient (Wildman–Crippen LogP) is 3.28. The highest BCUT2D eigenvalue weighted by atomic mass is 16.5. The number of nitrogens with one attached hydrogen (secondary N) is 1. The van der Waals surface area contributed by atoms with Gasteiger partial charge < -0.3 is 9.64 Å². The van der Waals surface area contributed by atoms with Crippen molar-refractivity contribution in [3.63, 3.8) is 0 Å². The fraction of sp³-hybridized carbons (Fsp3) is 0.562. The Morgan fingerprint density at radius 3 is 2.25 bits per heavy atom. The van der Waals surface area contributed by atoms with Gasteiger partial charge in [0.25, 0.3) is 0 Å². The Balaban J connectivity index is 0.000000829. The van der Waals surface area contributed by atoms with Crippen LogP contribution in [0.5, 0.6) is 0 Å². The summed E-state index contributed by atoms with van der Waals surface area (Å²) in [4.78, 5) is 13.7. The van der Waals surface area contributed by atoms with Crippen molar-refractivity contribution in [3.05, 3.63) is 29.8 Å². The summed E-state index contributed by atoms with van der Waals surface area (Å²) in [5.41, 5.74) is 1.75. The molecule has 0 atom stereocenters. The lowest BCUT2D eigenvalue weighted by Crippen LogP contribution is -2.20. The van der Waals surface area contributed by atoms with Crippen LogP contribution in [0.15, 0.2) is 24.3 Å². The van der Waals surface area contributed by atoms with Crippen LogP contribution in [-0.2, 0) is 4.74 Å². The van der Waals surface area contributed by atoms with Crippen molar-refractivity contribution in [2.24, 2.45) is 0 Å². The first-order valence-electron chi connectivity index (χ1n) is 7.54. The van der Waals surface area contributed by atoms with Crippen LogP contribution in [-0.4, -0.2) is 32.3 Å². The molecule has 1 fully saturated rings. The van der Waals surface area contributed by atoms with Gasteiger partial charge in [-0.25, -0.2) is 4.79 Å². The molecule has 0 saturated carbocycles.